The molecule has 1 N–H and O–H groups in total. The van der Waals surface area contributed by atoms with Crippen molar-refractivity contribution in [3.63, 3.8) is 0 Å². The lowest BCUT2D eigenvalue weighted by atomic mass is 9.88. The summed E-state index contributed by atoms with van der Waals surface area (Å²) in [4.78, 5) is 31.0. The zero-order valence-electron chi connectivity index (χ0n) is 13.8. The molecule has 8 nitrogen and oxygen atoms in total. The Morgan fingerprint density at radius 1 is 1.24 bits per heavy atom. The van der Waals surface area contributed by atoms with Crippen LogP contribution in [0.2, 0.25) is 0 Å². The van der Waals surface area contributed by atoms with Crippen molar-refractivity contribution in [1.29, 1.82) is 0 Å². The van der Waals surface area contributed by atoms with Crippen LogP contribution < -0.4 is 5.32 Å². The molecule has 1 spiro atoms. The minimum atomic E-state index is -0.303. The molecule has 4 rings (SSSR count). The first-order chi connectivity index (χ1) is 12.2. The van der Waals surface area contributed by atoms with Crippen LogP contribution in [-0.2, 0) is 4.74 Å². The van der Waals surface area contributed by atoms with Crippen molar-refractivity contribution in [3.8, 4) is 0 Å². The van der Waals surface area contributed by atoms with E-state index in [2.05, 4.69) is 25.3 Å². The summed E-state index contributed by atoms with van der Waals surface area (Å²) in [6, 6.07) is 1.93. The summed E-state index contributed by atoms with van der Waals surface area (Å²) in [7, 11) is 0. The fourth-order valence-corrected chi connectivity index (χ4v) is 3.62. The fourth-order valence-electron chi connectivity index (χ4n) is 3.62. The summed E-state index contributed by atoms with van der Waals surface area (Å²) in [5, 5.41) is 3.32. The minimum Gasteiger partial charge on any atom is -0.371 e. The number of anilines is 1. The summed E-state index contributed by atoms with van der Waals surface area (Å²) in [5.41, 5.74) is 0.0765. The number of hydrogen-bond donors (Lipinski definition) is 1. The van der Waals surface area contributed by atoms with Gasteiger partial charge in [-0.05, 0) is 18.9 Å². The smallest absolute Gasteiger partial charge is 0.274 e. The van der Waals surface area contributed by atoms with Gasteiger partial charge in [-0.1, -0.05) is 0 Å². The molecule has 0 aliphatic carbocycles. The summed E-state index contributed by atoms with van der Waals surface area (Å²) >= 11 is 0. The Kier molecular flexibility index (Phi) is 4.27. The van der Waals surface area contributed by atoms with E-state index in [4.69, 9.17) is 4.74 Å². The number of nitrogens with zero attached hydrogens (tertiary/aromatic N) is 5. The largest absolute Gasteiger partial charge is 0.371 e. The lowest BCUT2D eigenvalue weighted by Crippen LogP contribution is -2.50. The number of hydrogen-bond acceptors (Lipinski definition) is 7. The molecular formula is C17H20N6O2. The molecule has 0 saturated carbocycles. The van der Waals surface area contributed by atoms with Crippen LogP contribution in [0.5, 0.6) is 0 Å². The average Bonchev–Trinajstić information content (AvgIpc) is 3.04. The number of aromatic nitrogens is 4. The van der Waals surface area contributed by atoms with E-state index in [-0.39, 0.29) is 17.6 Å². The topological polar surface area (TPSA) is 93.1 Å². The molecule has 2 fully saturated rings. The number of ether oxygens (including phenoxy) is 1. The molecule has 130 valence electrons. The molecule has 1 amide bonds. The van der Waals surface area contributed by atoms with Gasteiger partial charge in [0.1, 0.15) is 5.69 Å². The number of piperidine rings is 1. The zero-order valence-corrected chi connectivity index (χ0v) is 13.8. The number of amides is 1. The second kappa shape index (κ2) is 6.72. The van der Waals surface area contributed by atoms with E-state index in [1.165, 1.54) is 6.20 Å². The highest BCUT2D eigenvalue weighted by Gasteiger charge is 2.44. The Morgan fingerprint density at radius 2 is 2.12 bits per heavy atom. The van der Waals surface area contributed by atoms with Crippen molar-refractivity contribution in [3.05, 3.63) is 42.7 Å². The van der Waals surface area contributed by atoms with Crippen LogP contribution in [0.1, 0.15) is 29.8 Å². The highest BCUT2D eigenvalue weighted by atomic mass is 16.5. The number of carbonyl (C=O) groups excluding carboxylic acids is 1. The molecule has 2 aromatic heterocycles. The van der Waals surface area contributed by atoms with E-state index >= 15 is 0 Å². The van der Waals surface area contributed by atoms with Gasteiger partial charge in [-0.2, -0.15) is 0 Å². The summed E-state index contributed by atoms with van der Waals surface area (Å²) in [6.45, 7) is 1.89. The van der Waals surface area contributed by atoms with Gasteiger partial charge in [-0.15, -0.1) is 0 Å². The van der Waals surface area contributed by atoms with Gasteiger partial charge >= 0.3 is 0 Å². The summed E-state index contributed by atoms with van der Waals surface area (Å²) < 4.78 is 6.13. The van der Waals surface area contributed by atoms with Crippen LogP contribution in [0, 0.1) is 0 Å². The molecule has 2 aromatic rings. The van der Waals surface area contributed by atoms with Crippen molar-refractivity contribution in [1.82, 2.24) is 24.8 Å². The molecule has 8 heteroatoms. The third-order valence-electron chi connectivity index (χ3n) is 4.72. The lowest BCUT2D eigenvalue weighted by Gasteiger charge is -2.39. The predicted octanol–water partition coefficient (Wildman–Crippen LogP) is 1.14. The molecule has 0 radical (unpaired) electrons. The standard InChI is InChI=1S/C17H20N6O2/c24-15(14-10-18-6-7-19-14)23-8-1-3-17(12-23)9-13(11-25-17)22-16-20-4-2-5-21-16/h2,4-7,10,13H,1,3,8-9,11-12H2,(H,20,21,22)/t13-,17+/m1/s1. The van der Waals surface area contributed by atoms with Crippen molar-refractivity contribution in [2.24, 2.45) is 0 Å². The van der Waals surface area contributed by atoms with E-state index in [1.54, 1.807) is 30.9 Å². The van der Waals surface area contributed by atoms with E-state index < -0.39 is 0 Å². The van der Waals surface area contributed by atoms with Gasteiger partial charge in [0.25, 0.3) is 5.91 Å². The van der Waals surface area contributed by atoms with Gasteiger partial charge in [-0.3, -0.25) is 9.78 Å². The SMILES string of the molecule is O=C(c1cnccn1)N1CCC[C@]2(C[C@@H](Nc3ncccn3)CO2)C1. The van der Waals surface area contributed by atoms with Crippen LogP contribution >= 0.6 is 0 Å². The van der Waals surface area contributed by atoms with Crippen LogP contribution in [0.4, 0.5) is 5.95 Å². The fraction of sp³-hybridized carbons (Fsp3) is 0.471. The second-order valence-corrected chi connectivity index (χ2v) is 6.53. The van der Waals surface area contributed by atoms with Gasteiger partial charge < -0.3 is 15.0 Å². The van der Waals surface area contributed by atoms with Crippen LogP contribution in [0.3, 0.4) is 0 Å². The maximum atomic E-state index is 12.6. The van der Waals surface area contributed by atoms with E-state index in [1.807, 2.05) is 4.90 Å². The van der Waals surface area contributed by atoms with Gasteiger partial charge in [0.2, 0.25) is 5.95 Å². The molecule has 25 heavy (non-hydrogen) atoms. The molecule has 2 aliphatic heterocycles. The first kappa shape index (κ1) is 15.9. The molecule has 2 saturated heterocycles. The second-order valence-electron chi connectivity index (χ2n) is 6.53. The van der Waals surface area contributed by atoms with Gasteiger partial charge in [0.15, 0.2) is 0 Å². The monoisotopic (exact) mass is 340 g/mol. The molecule has 4 heterocycles. The Hall–Kier alpha value is -2.61. The minimum absolute atomic E-state index is 0.0847. The first-order valence-corrected chi connectivity index (χ1v) is 8.47. The normalized spacial score (nSPS) is 25.9. The Bertz CT molecular complexity index is 728. The van der Waals surface area contributed by atoms with Gasteiger partial charge in [0.05, 0.1) is 31.0 Å². The first-order valence-electron chi connectivity index (χ1n) is 8.47. The van der Waals surface area contributed by atoms with E-state index in [0.717, 1.165) is 25.8 Å². The third kappa shape index (κ3) is 3.43. The molecule has 0 unspecified atom stereocenters. The molecule has 2 aliphatic rings. The molecule has 0 aromatic carbocycles. The van der Waals surface area contributed by atoms with Crippen molar-refractivity contribution >= 4 is 11.9 Å². The maximum absolute atomic E-state index is 12.6. The van der Waals surface area contributed by atoms with Crippen LogP contribution in [-0.4, -0.2) is 62.1 Å². The van der Waals surface area contributed by atoms with E-state index in [9.17, 15) is 4.79 Å². The maximum Gasteiger partial charge on any atom is 0.274 e. The summed E-state index contributed by atoms with van der Waals surface area (Å²) in [5.74, 6) is 0.523. The number of nitrogens with one attached hydrogen (secondary N) is 1. The average molecular weight is 340 g/mol. The highest BCUT2D eigenvalue weighted by Crippen LogP contribution is 2.35. The van der Waals surface area contributed by atoms with E-state index in [0.29, 0.717) is 24.8 Å². The Morgan fingerprint density at radius 3 is 2.92 bits per heavy atom. The Balaban J connectivity index is 1.42. The van der Waals surface area contributed by atoms with Crippen molar-refractivity contribution < 1.29 is 9.53 Å². The molecule has 2 atom stereocenters. The lowest BCUT2D eigenvalue weighted by molar-refractivity contribution is -0.0448. The van der Waals surface area contributed by atoms with Gasteiger partial charge in [0, 0.05) is 37.8 Å². The summed E-state index contributed by atoms with van der Waals surface area (Å²) in [6.07, 6.45) is 10.7. The zero-order chi connectivity index (χ0) is 17.1. The molecule has 0 bridgehead atoms. The highest BCUT2D eigenvalue weighted by molar-refractivity contribution is 5.92. The van der Waals surface area contributed by atoms with Gasteiger partial charge in [-0.25, -0.2) is 15.0 Å². The number of rotatable bonds is 3. The van der Waals surface area contributed by atoms with Crippen LogP contribution in [0.25, 0.3) is 0 Å². The quantitative estimate of drug-likeness (QED) is 0.895. The van der Waals surface area contributed by atoms with Crippen molar-refractivity contribution in [2.45, 2.75) is 30.9 Å². The predicted molar refractivity (Wildman–Crippen MR) is 89.9 cm³/mol. The number of likely N-dealkylation sites (tertiary alicyclic amines) is 1. The Labute approximate surface area is 145 Å². The van der Waals surface area contributed by atoms with Crippen molar-refractivity contribution in [2.75, 3.05) is 25.0 Å². The third-order valence-corrected chi connectivity index (χ3v) is 4.72. The molecular weight excluding hydrogens is 320 g/mol. The van der Waals surface area contributed by atoms with Crippen LogP contribution in [0.15, 0.2) is 37.1 Å². The number of carbonyl (C=O) groups is 1.